The molecule has 0 aliphatic heterocycles. The highest BCUT2D eigenvalue weighted by Crippen LogP contribution is 2.40. The summed E-state index contributed by atoms with van der Waals surface area (Å²) in [5.41, 5.74) is 6.62. The standard InChI is InChI=1S/C17H36N2/c1-13(2)15(18)11-12-19(6)16-10-8-7-9-14(16)17(3,4)5/h13-16H,7-12,18H2,1-6H3. The van der Waals surface area contributed by atoms with Crippen molar-refractivity contribution >= 4 is 0 Å². The highest BCUT2D eigenvalue weighted by Gasteiger charge is 2.35. The molecule has 0 aromatic heterocycles. The molecule has 3 unspecified atom stereocenters. The first-order valence-electron chi connectivity index (χ1n) is 8.19. The highest BCUT2D eigenvalue weighted by molar-refractivity contribution is 4.89. The van der Waals surface area contributed by atoms with Crippen LogP contribution in [0.25, 0.3) is 0 Å². The maximum atomic E-state index is 6.19. The van der Waals surface area contributed by atoms with Crippen molar-refractivity contribution in [1.82, 2.24) is 4.90 Å². The molecule has 0 saturated heterocycles. The second kappa shape index (κ2) is 7.08. The van der Waals surface area contributed by atoms with E-state index in [4.69, 9.17) is 5.73 Å². The largest absolute Gasteiger partial charge is 0.327 e. The number of nitrogens with two attached hydrogens (primary N) is 1. The summed E-state index contributed by atoms with van der Waals surface area (Å²) >= 11 is 0. The fourth-order valence-corrected chi connectivity index (χ4v) is 3.50. The lowest BCUT2D eigenvalue weighted by Crippen LogP contribution is -2.46. The van der Waals surface area contributed by atoms with Gasteiger partial charge in [-0.1, -0.05) is 47.5 Å². The van der Waals surface area contributed by atoms with Crippen molar-refractivity contribution in [3.8, 4) is 0 Å². The molecular formula is C17H36N2. The Balaban J connectivity index is 2.55. The van der Waals surface area contributed by atoms with Gasteiger partial charge in [0.1, 0.15) is 0 Å². The average Bonchev–Trinajstić information content (AvgIpc) is 2.34. The number of nitrogens with zero attached hydrogens (tertiary/aromatic N) is 1. The number of hydrogen-bond acceptors (Lipinski definition) is 2. The minimum Gasteiger partial charge on any atom is -0.327 e. The Morgan fingerprint density at radius 1 is 1.16 bits per heavy atom. The summed E-state index contributed by atoms with van der Waals surface area (Å²) in [5.74, 6) is 1.43. The first-order valence-corrected chi connectivity index (χ1v) is 8.19. The van der Waals surface area contributed by atoms with E-state index in [1.54, 1.807) is 0 Å². The normalized spacial score (nSPS) is 27.0. The molecule has 1 aliphatic rings. The van der Waals surface area contributed by atoms with E-state index in [2.05, 4.69) is 46.6 Å². The van der Waals surface area contributed by atoms with E-state index in [1.807, 2.05) is 0 Å². The fraction of sp³-hybridized carbons (Fsp3) is 1.00. The van der Waals surface area contributed by atoms with Crippen LogP contribution in [-0.4, -0.2) is 30.6 Å². The molecule has 0 aromatic rings. The Morgan fingerprint density at radius 3 is 2.26 bits per heavy atom. The van der Waals surface area contributed by atoms with Crippen LogP contribution in [0, 0.1) is 17.3 Å². The van der Waals surface area contributed by atoms with Crippen LogP contribution in [-0.2, 0) is 0 Å². The summed E-state index contributed by atoms with van der Waals surface area (Å²) in [6, 6.07) is 1.10. The molecule has 2 N–H and O–H groups in total. The number of rotatable bonds is 5. The van der Waals surface area contributed by atoms with Gasteiger partial charge < -0.3 is 10.6 Å². The lowest BCUT2D eigenvalue weighted by molar-refractivity contribution is 0.0547. The molecule has 1 aliphatic carbocycles. The van der Waals surface area contributed by atoms with Crippen molar-refractivity contribution in [1.29, 1.82) is 0 Å². The molecule has 114 valence electrons. The van der Waals surface area contributed by atoms with Crippen LogP contribution in [0.5, 0.6) is 0 Å². The van der Waals surface area contributed by atoms with Crippen LogP contribution in [0.2, 0.25) is 0 Å². The van der Waals surface area contributed by atoms with Gasteiger partial charge in [0.15, 0.2) is 0 Å². The minimum absolute atomic E-state index is 0.346. The maximum Gasteiger partial charge on any atom is 0.0125 e. The zero-order chi connectivity index (χ0) is 14.6. The van der Waals surface area contributed by atoms with E-state index < -0.39 is 0 Å². The second-order valence-corrected chi connectivity index (χ2v) is 8.00. The molecule has 2 heteroatoms. The van der Waals surface area contributed by atoms with Gasteiger partial charge >= 0.3 is 0 Å². The average molecular weight is 268 g/mol. The molecule has 0 aromatic carbocycles. The lowest BCUT2D eigenvalue weighted by atomic mass is 9.69. The van der Waals surface area contributed by atoms with E-state index in [0.717, 1.165) is 24.9 Å². The van der Waals surface area contributed by atoms with Gasteiger partial charge in [-0.3, -0.25) is 0 Å². The van der Waals surface area contributed by atoms with Crippen molar-refractivity contribution in [2.75, 3.05) is 13.6 Å². The SMILES string of the molecule is CC(C)C(N)CCN(C)C1CCCCC1C(C)(C)C. The van der Waals surface area contributed by atoms with Gasteiger partial charge in [-0.2, -0.15) is 0 Å². The van der Waals surface area contributed by atoms with Crippen LogP contribution in [0.3, 0.4) is 0 Å². The van der Waals surface area contributed by atoms with Gasteiger partial charge in [0.05, 0.1) is 0 Å². The molecule has 1 fully saturated rings. The topological polar surface area (TPSA) is 29.3 Å². The van der Waals surface area contributed by atoms with Crippen LogP contribution >= 0.6 is 0 Å². The first kappa shape index (κ1) is 17.0. The summed E-state index contributed by atoms with van der Waals surface area (Å²) < 4.78 is 0. The van der Waals surface area contributed by atoms with Gasteiger partial charge in [-0.15, -0.1) is 0 Å². The van der Waals surface area contributed by atoms with Gasteiger partial charge in [-0.25, -0.2) is 0 Å². The molecule has 0 amide bonds. The highest BCUT2D eigenvalue weighted by atomic mass is 15.1. The third kappa shape index (κ3) is 5.07. The van der Waals surface area contributed by atoms with E-state index >= 15 is 0 Å². The van der Waals surface area contributed by atoms with Gasteiger partial charge in [0, 0.05) is 12.1 Å². The summed E-state index contributed by atoms with van der Waals surface area (Å²) in [7, 11) is 2.31. The smallest absolute Gasteiger partial charge is 0.0125 e. The van der Waals surface area contributed by atoms with Gasteiger partial charge in [0.2, 0.25) is 0 Å². The maximum absolute atomic E-state index is 6.19. The Bertz CT molecular complexity index is 254. The third-order valence-corrected chi connectivity index (χ3v) is 5.08. The quantitative estimate of drug-likeness (QED) is 0.819. The van der Waals surface area contributed by atoms with E-state index in [0.29, 0.717) is 17.4 Å². The Morgan fingerprint density at radius 2 is 1.74 bits per heavy atom. The molecule has 1 rings (SSSR count). The molecule has 19 heavy (non-hydrogen) atoms. The molecule has 2 nitrogen and oxygen atoms in total. The molecule has 0 heterocycles. The Kier molecular flexibility index (Phi) is 6.32. The van der Waals surface area contributed by atoms with E-state index in [-0.39, 0.29) is 0 Å². The zero-order valence-corrected chi connectivity index (χ0v) is 14.1. The van der Waals surface area contributed by atoms with Crippen LogP contribution in [0.1, 0.15) is 66.7 Å². The molecule has 0 bridgehead atoms. The fourth-order valence-electron chi connectivity index (χ4n) is 3.50. The zero-order valence-electron chi connectivity index (χ0n) is 14.1. The first-order chi connectivity index (χ1) is 8.73. The lowest BCUT2D eigenvalue weighted by Gasteiger charge is -2.45. The Hall–Kier alpha value is -0.0800. The molecule has 3 atom stereocenters. The monoisotopic (exact) mass is 268 g/mol. The van der Waals surface area contributed by atoms with Crippen LogP contribution in [0.4, 0.5) is 0 Å². The predicted molar refractivity (Wildman–Crippen MR) is 85.3 cm³/mol. The van der Waals surface area contributed by atoms with Crippen molar-refractivity contribution in [3.05, 3.63) is 0 Å². The van der Waals surface area contributed by atoms with Gasteiger partial charge in [0.25, 0.3) is 0 Å². The predicted octanol–water partition coefficient (Wildman–Crippen LogP) is 3.90. The third-order valence-electron chi connectivity index (χ3n) is 5.08. The Labute approximate surface area is 121 Å². The van der Waals surface area contributed by atoms with Crippen molar-refractivity contribution in [3.63, 3.8) is 0 Å². The van der Waals surface area contributed by atoms with Crippen molar-refractivity contribution < 1.29 is 0 Å². The van der Waals surface area contributed by atoms with Crippen LogP contribution < -0.4 is 5.73 Å². The molecule has 0 spiro atoms. The van der Waals surface area contributed by atoms with E-state index in [1.165, 1.54) is 25.7 Å². The number of hydrogen-bond donors (Lipinski definition) is 1. The summed E-state index contributed by atoms with van der Waals surface area (Å²) in [5, 5.41) is 0. The van der Waals surface area contributed by atoms with Crippen molar-refractivity contribution in [2.45, 2.75) is 78.8 Å². The van der Waals surface area contributed by atoms with Gasteiger partial charge in [-0.05, 0) is 50.1 Å². The molecule has 0 radical (unpaired) electrons. The van der Waals surface area contributed by atoms with Crippen molar-refractivity contribution in [2.24, 2.45) is 23.0 Å². The van der Waals surface area contributed by atoms with E-state index in [9.17, 15) is 0 Å². The van der Waals surface area contributed by atoms with Crippen LogP contribution in [0.15, 0.2) is 0 Å². The molecule has 1 saturated carbocycles. The summed E-state index contributed by atoms with van der Waals surface area (Å²) in [6.45, 7) is 12.8. The minimum atomic E-state index is 0.346. The summed E-state index contributed by atoms with van der Waals surface area (Å²) in [4.78, 5) is 2.59. The summed E-state index contributed by atoms with van der Waals surface area (Å²) in [6.07, 6.45) is 6.71. The second-order valence-electron chi connectivity index (χ2n) is 8.00. The molecular weight excluding hydrogens is 232 g/mol.